The van der Waals surface area contributed by atoms with Crippen molar-refractivity contribution in [1.82, 2.24) is 0 Å². The van der Waals surface area contributed by atoms with E-state index in [0.29, 0.717) is 10.6 Å². The first-order valence-electron chi connectivity index (χ1n) is 6.64. The fourth-order valence-corrected chi connectivity index (χ4v) is 1.86. The molecule has 0 saturated heterocycles. The Balaban J connectivity index is 2.17. The molecule has 1 aromatic heterocycles. The van der Waals surface area contributed by atoms with Crippen molar-refractivity contribution in [1.29, 1.82) is 0 Å². The molecule has 0 bridgehead atoms. The van der Waals surface area contributed by atoms with E-state index in [1.807, 2.05) is 0 Å². The van der Waals surface area contributed by atoms with E-state index < -0.39 is 11.7 Å². The number of hydrogen-bond donors (Lipinski definition) is 1. The number of anilines is 1. The van der Waals surface area contributed by atoms with Crippen LogP contribution in [0.3, 0.4) is 0 Å². The van der Waals surface area contributed by atoms with Gasteiger partial charge in [-0.1, -0.05) is 11.6 Å². The van der Waals surface area contributed by atoms with Gasteiger partial charge in [0.1, 0.15) is 5.60 Å². The van der Waals surface area contributed by atoms with Crippen molar-refractivity contribution in [3.05, 3.63) is 52.9 Å². The first-order valence-corrected chi connectivity index (χ1v) is 7.02. The van der Waals surface area contributed by atoms with Crippen LogP contribution in [-0.2, 0) is 4.74 Å². The largest absolute Gasteiger partial charge is 0.459 e. The Hall–Kier alpha value is -2.27. The maximum Gasteiger partial charge on any atom is 0.412 e. The van der Waals surface area contributed by atoms with Gasteiger partial charge in [0.05, 0.1) is 12.0 Å². The molecule has 2 rings (SSSR count). The van der Waals surface area contributed by atoms with Crippen LogP contribution in [0.4, 0.5) is 10.5 Å². The van der Waals surface area contributed by atoms with Gasteiger partial charge in [-0.05, 0) is 45.0 Å². The van der Waals surface area contributed by atoms with Gasteiger partial charge in [-0.25, -0.2) is 4.79 Å². The summed E-state index contributed by atoms with van der Waals surface area (Å²) in [6.45, 7) is 5.26. The summed E-state index contributed by atoms with van der Waals surface area (Å²) in [5, 5.41) is 3.04. The molecule has 0 aliphatic heterocycles. The third-order valence-corrected chi connectivity index (χ3v) is 2.87. The van der Waals surface area contributed by atoms with Crippen LogP contribution in [0.25, 0.3) is 0 Å². The SMILES string of the molecule is CC(C)(C)OC(=O)Nc1ccoc1C(=O)c1ccc(Cl)cc1. The van der Waals surface area contributed by atoms with Crippen LogP contribution in [0.5, 0.6) is 0 Å². The lowest BCUT2D eigenvalue weighted by atomic mass is 10.1. The number of ether oxygens (including phenoxy) is 1. The van der Waals surface area contributed by atoms with Gasteiger partial charge in [-0.15, -0.1) is 0 Å². The number of ketones is 1. The monoisotopic (exact) mass is 321 g/mol. The minimum atomic E-state index is -0.654. The van der Waals surface area contributed by atoms with Crippen molar-refractivity contribution >= 4 is 29.2 Å². The molecule has 1 amide bonds. The van der Waals surface area contributed by atoms with E-state index in [1.54, 1.807) is 45.0 Å². The summed E-state index contributed by atoms with van der Waals surface area (Å²) in [5.41, 5.74) is 0.0366. The molecule has 2 aromatic rings. The average Bonchev–Trinajstić information content (AvgIpc) is 2.84. The number of carbonyl (C=O) groups excluding carboxylic acids is 2. The summed E-state index contributed by atoms with van der Waals surface area (Å²) < 4.78 is 10.3. The highest BCUT2D eigenvalue weighted by Gasteiger charge is 2.21. The molecule has 5 nitrogen and oxygen atoms in total. The molecule has 1 aromatic carbocycles. The van der Waals surface area contributed by atoms with E-state index in [9.17, 15) is 9.59 Å². The van der Waals surface area contributed by atoms with E-state index in [1.165, 1.54) is 12.3 Å². The highest BCUT2D eigenvalue weighted by molar-refractivity contribution is 6.30. The third-order valence-electron chi connectivity index (χ3n) is 2.61. The van der Waals surface area contributed by atoms with Crippen molar-refractivity contribution in [2.24, 2.45) is 0 Å². The summed E-state index contributed by atoms with van der Waals surface area (Å²) in [4.78, 5) is 24.2. The van der Waals surface area contributed by atoms with Gasteiger partial charge in [0, 0.05) is 16.7 Å². The number of amides is 1. The second kappa shape index (κ2) is 6.23. The fraction of sp³-hybridized carbons (Fsp3) is 0.250. The van der Waals surface area contributed by atoms with Crippen LogP contribution in [0.1, 0.15) is 36.9 Å². The molecule has 0 spiro atoms. The summed E-state index contributed by atoms with van der Waals surface area (Å²) in [5.74, 6) is -0.319. The number of hydrogen-bond acceptors (Lipinski definition) is 4. The Kier molecular flexibility index (Phi) is 4.56. The molecule has 0 saturated carbocycles. The topological polar surface area (TPSA) is 68.5 Å². The number of rotatable bonds is 3. The summed E-state index contributed by atoms with van der Waals surface area (Å²) in [6.07, 6.45) is 0.676. The molecule has 0 atom stereocenters. The van der Waals surface area contributed by atoms with Gasteiger partial charge in [0.25, 0.3) is 0 Å². The second-order valence-electron chi connectivity index (χ2n) is 5.63. The van der Waals surface area contributed by atoms with Gasteiger partial charge < -0.3 is 9.15 Å². The van der Waals surface area contributed by atoms with Crippen molar-refractivity contribution in [3.8, 4) is 0 Å². The quantitative estimate of drug-likeness (QED) is 0.844. The maximum absolute atomic E-state index is 12.4. The molecule has 6 heteroatoms. The molecule has 22 heavy (non-hydrogen) atoms. The van der Waals surface area contributed by atoms with Crippen LogP contribution in [0, 0.1) is 0 Å². The zero-order valence-electron chi connectivity index (χ0n) is 12.5. The Bertz CT molecular complexity index is 683. The Labute approximate surface area is 133 Å². The molecular formula is C16H16ClNO4. The summed E-state index contributed by atoms with van der Waals surface area (Å²) in [7, 11) is 0. The van der Waals surface area contributed by atoms with E-state index in [4.69, 9.17) is 20.8 Å². The Morgan fingerprint density at radius 1 is 1.14 bits per heavy atom. The molecule has 0 unspecified atom stereocenters. The standard InChI is InChI=1S/C16H16ClNO4/c1-16(2,3)22-15(20)18-12-8-9-21-14(12)13(19)10-4-6-11(17)7-5-10/h4-9H,1-3H3,(H,18,20). The van der Waals surface area contributed by atoms with Crippen LogP contribution in [0.2, 0.25) is 5.02 Å². The van der Waals surface area contributed by atoms with Gasteiger partial charge in [-0.2, -0.15) is 0 Å². The van der Waals surface area contributed by atoms with E-state index in [2.05, 4.69) is 5.32 Å². The van der Waals surface area contributed by atoms with E-state index >= 15 is 0 Å². The Morgan fingerprint density at radius 2 is 1.77 bits per heavy atom. The molecule has 0 fully saturated rings. The molecule has 0 aliphatic carbocycles. The molecular weight excluding hydrogens is 306 g/mol. The van der Waals surface area contributed by atoms with E-state index in [0.717, 1.165) is 0 Å². The van der Waals surface area contributed by atoms with Gasteiger partial charge in [0.2, 0.25) is 5.78 Å². The smallest absolute Gasteiger partial charge is 0.412 e. The lowest BCUT2D eigenvalue weighted by Crippen LogP contribution is -2.27. The number of carbonyl (C=O) groups is 2. The lowest BCUT2D eigenvalue weighted by Gasteiger charge is -2.19. The van der Waals surface area contributed by atoms with Crippen LogP contribution >= 0.6 is 11.6 Å². The number of benzene rings is 1. The van der Waals surface area contributed by atoms with E-state index in [-0.39, 0.29) is 17.2 Å². The van der Waals surface area contributed by atoms with Gasteiger partial charge in [-0.3, -0.25) is 10.1 Å². The minimum Gasteiger partial charge on any atom is -0.459 e. The first kappa shape index (κ1) is 16.1. The first-order chi connectivity index (χ1) is 10.3. The van der Waals surface area contributed by atoms with Crippen molar-refractivity contribution in [2.45, 2.75) is 26.4 Å². The average molecular weight is 322 g/mol. The predicted molar refractivity (Wildman–Crippen MR) is 83.4 cm³/mol. The molecule has 0 radical (unpaired) electrons. The van der Waals surface area contributed by atoms with Crippen LogP contribution in [0.15, 0.2) is 41.0 Å². The van der Waals surface area contributed by atoms with Crippen molar-refractivity contribution < 1.29 is 18.7 Å². The molecule has 116 valence electrons. The third kappa shape index (κ3) is 4.11. The van der Waals surface area contributed by atoms with Gasteiger partial charge >= 0.3 is 6.09 Å². The second-order valence-corrected chi connectivity index (χ2v) is 6.06. The fourth-order valence-electron chi connectivity index (χ4n) is 1.73. The van der Waals surface area contributed by atoms with Crippen LogP contribution < -0.4 is 5.32 Å². The molecule has 1 N–H and O–H groups in total. The number of halogens is 1. The summed E-state index contributed by atoms with van der Waals surface area (Å²) >= 11 is 5.79. The van der Waals surface area contributed by atoms with Crippen molar-refractivity contribution in [3.63, 3.8) is 0 Å². The lowest BCUT2D eigenvalue weighted by molar-refractivity contribution is 0.0635. The zero-order chi connectivity index (χ0) is 16.3. The molecule has 0 aliphatic rings. The van der Waals surface area contributed by atoms with Crippen molar-refractivity contribution in [2.75, 3.05) is 5.32 Å². The Morgan fingerprint density at radius 3 is 2.36 bits per heavy atom. The predicted octanol–water partition coefficient (Wildman–Crippen LogP) is 4.51. The summed E-state index contributed by atoms with van der Waals surface area (Å²) in [6, 6.07) is 7.89. The number of furan rings is 1. The minimum absolute atomic E-state index is 0.0354. The number of nitrogens with one attached hydrogen (secondary N) is 1. The highest BCUT2D eigenvalue weighted by atomic mass is 35.5. The van der Waals surface area contributed by atoms with Gasteiger partial charge in [0.15, 0.2) is 5.76 Å². The maximum atomic E-state index is 12.4. The zero-order valence-corrected chi connectivity index (χ0v) is 13.2. The van der Waals surface area contributed by atoms with Crippen LogP contribution in [-0.4, -0.2) is 17.5 Å². The normalized spacial score (nSPS) is 11.1. The highest BCUT2D eigenvalue weighted by Crippen LogP contribution is 2.22. The molecule has 1 heterocycles.